The van der Waals surface area contributed by atoms with E-state index in [2.05, 4.69) is 37.0 Å². The van der Waals surface area contributed by atoms with Gasteiger partial charge in [0.1, 0.15) is 0 Å². The van der Waals surface area contributed by atoms with E-state index in [1.807, 2.05) is 6.08 Å². The number of benzene rings is 1. The van der Waals surface area contributed by atoms with Crippen molar-refractivity contribution in [2.45, 2.75) is 32.1 Å². The first kappa shape index (κ1) is 11.9. The molecule has 0 aromatic heterocycles. The summed E-state index contributed by atoms with van der Waals surface area (Å²) >= 11 is 0. The summed E-state index contributed by atoms with van der Waals surface area (Å²) in [7, 11) is 1.80. The van der Waals surface area contributed by atoms with Crippen LogP contribution in [0, 0.1) is 6.92 Å². The molecule has 0 spiro atoms. The van der Waals surface area contributed by atoms with Crippen molar-refractivity contribution in [1.29, 1.82) is 0 Å². The molecule has 0 aliphatic heterocycles. The molecule has 0 radical (unpaired) electrons. The Balaban J connectivity index is 2.44. The minimum Gasteiger partial charge on any atom is -0.405 e. The summed E-state index contributed by atoms with van der Waals surface area (Å²) in [6, 6.07) is 6.57. The van der Waals surface area contributed by atoms with Gasteiger partial charge in [0.2, 0.25) is 0 Å². The van der Waals surface area contributed by atoms with Gasteiger partial charge in [0.15, 0.2) is 0 Å². The van der Waals surface area contributed by atoms with E-state index < -0.39 is 0 Å². The van der Waals surface area contributed by atoms with Crippen molar-refractivity contribution in [1.82, 2.24) is 0 Å². The van der Waals surface area contributed by atoms with Crippen molar-refractivity contribution in [2.24, 2.45) is 10.7 Å². The van der Waals surface area contributed by atoms with Gasteiger partial charge >= 0.3 is 0 Å². The van der Waals surface area contributed by atoms with Crippen molar-refractivity contribution < 1.29 is 0 Å². The van der Waals surface area contributed by atoms with Gasteiger partial charge in [-0.15, -0.1) is 0 Å². The molecule has 0 saturated heterocycles. The van der Waals surface area contributed by atoms with Crippen molar-refractivity contribution >= 4 is 5.71 Å². The Kier molecular flexibility index (Phi) is 3.05. The number of hydrogen-bond acceptors (Lipinski definition) is 2. The SMILES string of the molecule is CN=C(/C=C\N)c1ccc(C)c(C2(C)CC2)c1. The average Bonchev–Trinajstić information content (AvgIpc) is 3.06. The Morgan fingerprint density at radius 3 is 2.65 bits per heavy atom. The smallest absolute Gasteiger partial charge is 0.0657 e. The zero-order valence-electron chi connectivity index (χ0n) is 10.8. The summed E-state index contributed by atoms with van der Waals surface area (Å²) in [5, 5.41) is 0. The third-order valence-electron chi connectivity index (χ3n) is 3.68. The Bertz CT molecular complexity index is 480. The quantitative estimate of drug-likeness (QED) is 0.794. The molecule has 2 nitrogen and oxygen atoms in total. The van der Waals surface area contributed by atoms with Crippen LogP contribution in [0.2, 0.25) is 0 Å². The molecule has 1 aliphatic rings. The molecule has 90 valence electrons. The maximum atomic E-state index is 5.45. The van der Waals surface area contributed by atoms with E-state index in [9.17, 15) is 0 Å². The highest BCUT2D eigenvalue weighted by Crippen LogP contribution is 2.48. The number of nitrogens with two attached hydrogens (primary N) is 1. The van der Waals surface area contributed by atoms with Crippen LogP contribution in [0.5, 0.6) is 0 Å². The largest absolute Gasteiger partial charge is 0.405 e. The molecule has 2 heteroatoms. The summed E-state index contributed by atoms with van der Waals surface area (Å²) in [6.45, 7) is 4.52. The highest BCUT2D eigenvalue weighted by molar-refractivity contribution is 6.08. The fraction of sp³-hybridized carbons (Fsp3) is 0.400. The van der Waals surface area contributed by atoms with Crippen molar-refractivity contribution in [2.75, 3.05) is 7.05 Å². The Morgan fingerprint density at radius 1 is 1.41 bits per heavy atom. The van der Waals surface area contributed by atoms with Crippen LogP contribution in [0.3, 0.4) is 0 Å². The van der Waals surface area contributed by atoms with E-state index in [1.165, 1.54) is 24.0 Å². The third kappa shape index (κ3) is 2.26. The number of rotatable bonds is 3. The molecule has 1 fully saturated rings. The monoisotopic (exact) mass is 228 g/mol. The molecular weight excluding hydrogens is 208 g/mol. The topological polar surface area (TPSA) is 38.4 Å². The molecule has 1 aromatic carbocycles. The number of nitrogens with zero attached hydrogens (tertiary/aromatic N) is 1. The van der Waals surface area contributed by atoms with Crippen LogP contribution in [0.4, 0.5) is 0 Å². The standard InChI is InChI=1S/C15H20N2/c1-11-4-5-12(14(17-3)6-9-16)10-13(11)15(2)7-8-15/h4-6,9-10H,7-8,16H2,1-3H3/b9-6-,17-14?. The number of aliphatic imine (C=N–C) groups is 1. The molecule has 0 bridgehead atoms. The molecule has 0 atom stereocenters. The molecule has 17 heavy (non-hydrogen) atoms. The molecular formula is C15H20N2. The van der Waals surface area contributed by atoms with Crippen LogP contribution in [-0.2, 0) is 5.41 Å². The molecule has 2 N–H and O–H groups in total. The number of allylic oxidation sites excluding steroid dienone is 1. The number of aryl methyl sites for hydroxylation is 1. The molecule has 1 saturated carbocycles. The lowest BCUT2D eigenvalue weighted by Crippen LogP contribution is -2.06. The zero-order chi connectivity index (χ0) is 12.5. The van der Waals surface area contributed by atoms with Gasteiger partial charge in [-0.25, -0.2) is 0 Å². The highest BCUT2D eigenvalue weighted by atomic mass is 14.7. The van der Waals surface area contributed by atoms with Crippen LogP contribution in [0.15, 0.2) is 35.5 Å². The Hall–Kier alpha value is -1.57. The summed E-state index contributed by atoms with van der Waals surface area (Å²) in [6.07, 6.45) is 5.98. The van der Waals surface area contributed by atoms with E-state index in [0.29, 0.717) is 5.41 Å². The van der Waals surface area contributed by atoms with Gasteiger partial charge in [0.05, 0.1) is 5.71 Å². The first-order valence-corrected chi connectivity index (χ1v) is 6.07. The molecule has 1 aliphatic carbocycles. The fourth-order valence-corrected chi connectivity index (χ4v) is 2.28. The second-order valence-electron chi connectivity index (χ2n) is 5.06. The van der Waals surface area contributed by atoms with Gasteiger partial charge in [-0.2, -0.15) is 0 Å². The molecule has 0 amide bonds. The minimum absolute atomic E-state index is 0.394. The first-order valence-electron chi connectivity index (χ1n) is 6.07. The highest BCUT2D eigenvalue weighted by Gasteiger charge is 2.40. The van der Waals surface area contributed by atoms with Crippen LogP contribution in [-0.4, -0.2) is 12.8 Å². The van der Waals surface area contributed by atoms with Crippen LogP contribution < -0.4 is 5.73 Å². The van der Waals surface area contributed by atoms with E-state index in [1.54, 1.807) is 13.2 Å². The lowest BCUT2D eigenvalue weighted by Gasteiger charge is -2.14. The lowest BCUT2D eigenvalue weighted by atomic mass is 9.91. The van der Waals surface area contributed by atoms with Gasteiger partial charge in [-0.3, -0.25) is 4.99 Å². The van der Waals surface area contributed by atoms with Crippen LogP contribution in [0.1, 0.15) is 36.5 Å². The molecule has 1 aromatic rings. The Labute approximate surface area is 103 Å². The van der Waals surface area contributed by atoms with Gasteiger partial charge in [-0.1, -0.05) is 19.1 Å². The maximum Gasteiger partial charge on any atom is 0.0657 e. The number of hydrogen-bond donors (Lipinski definition) is 1. The predicted molar refractivity (Wildman–Crippen MR) is 73.6 cm³/mol. The van der Waals surface area contributed by atoms with Crippen molar-refractivity contribution in [3.8, 4) is 0 Å². The van der Waals surface area contributed by atoms with Gasteiger partial charge in [-0.05, 0) is 54.6 Å². The van der Waals surface area contributed by atoms with E-state index >= 15 is 0 Å². The normalized spacial score (nSPS) is 18.6. The lowest BCUT2D eigenvalue weighted by molar-refractivity contribution is 0.779. The predicted octanol–water partition coefficient (Wildman–Crippen LogP) is 2.94. The summed E-state index contributed by atoms with van der Waals surface area (Å²) in [5.41, 5.74) is 10.8. The van der Waals surface area contributed by atoms with E-state index in [-0.39, 0.29) is 0 Å². The van der Waals surface area contributed by atoms with Gasteiger partial charge < -0.3 is 5.73 Å². The second kappa shape index (κ2) is 4.36. The van der Waals surface area contributed by atoms with Gasteiger partial charge in [0, 0.05) is 12.6 Å². The summed E-state index contributed by atoms with van der Waals surface area (Å²) < 4.78 is 0. The van der Waals surface area contributed by atoms with E-state index in [4.69, 9.17) is 5.73 Å². The van der Waals surface area contributed by atoms with Crippen LogP contribution >= 0.6 is 0 Å². The minimum atomic E-state index is 0.394. The van der Waals surface area contributed by atoms with Crippen molar-refractivity contribution in [3.05, 3.63) is 47.2 Å². The molecule has 0 unspecified atom stereocenters. The maximum absolute atomic E-state index is 5.45. The summed E-state index contributed by atoms with van der Waals surface area (Å²) in [4.78, 5) is 4.27. The first-order chi connectivity index (χ1) is 8.10. The zero-order valence-corrected chi connectivity index (χ0v) is 10.8. The average molecular weight is 228 g/mol. The van der Waals surface area contributed by atoms with Crippen LogP contribution in [0.25, 0.3) is 0 Å². The van der Waals surface area contributed by atoms with Gasteiger partial charge in [0.25, 0.3) is 0 Å². The molecule has 2 rings (SSSR count). The van der Waals surface area contributed by atoms with Crippen molar-refractivity contribution in [3.63, 3.8) is 0 Å². The Morgan fingerprint density at radius 2 is 2.12 bits per heavy atom. The fourth-order valence-electron chi connectivity index (χ4n) is 2.28. The third-order valence-corrected chi connectivity index (χ3v) is 3.68. The second-order valence-corrected chi connectivity index (χ2v) is 5.06. The molecule has 0 heterocycles. The van der Waals surface area contributed by atoms with E-state index in [0.717, 1.165) is 11.3 Å². The summed E-state index contributed by atoms with van der Waals surface area (Å²) in [5.74, 6) is 0.